The van der Waals surface area contributed by atoms with Gasteiger partial charge in [0.25, 0.3) is 0 Å². The molecular formula is C32H38N4OS. The Hall–Kier alpha value is -2.93. The van der Waals surface area contributed by atoms with Gasteiger partial charge in [-0.3, -0.25) is 15.1 Å². The Morgan fingerprint density at radius 1 is 0.921 bits per heavy atom. The average Bonchev–Trinajstić information content (AvgIpc) is 3.48. The number of rotatable bonds is 10. The number of hydrogen-bond donors (Lipinski definition) is 2. The van der Waals surface area contributed by atoms with Crippen LogP contribution < -0.4 is 10.6 Å². The van der Waals surface area contributed by atoms with Crippen LogP contribution in [0.5, 0.6) is 0 Å². The monoisotopic (exact) mass is 526 g/mol. The first-order valence-electron chi connectivity index (χ1n) is 13.9. The second-order valence-electron chi connectivity index (χ2n) is 10.1. The number of thioether (sulfide) groups is 1. The molecule has 5 rings (SSSR count). The predicted molar refractivity (Wildman–Crippen MR) is 158 cm³/mol. The predicted octanol–water partition coefficient (Wildman–Crippen LogP) is 5.67. The Morgan fingerprint density at radius 2 is 1.63 bits per heavy atom. The van der Waals surface area contributed by atoms with Crippen LogP contribution in [0.25, 0.3) is 5.57 Å². The summed E-state index contributed by atoms with van der Waals surface area (Å²) >= 11 is 1.77. The summed E-state index contributed by atoms with van der Waals surface area (Å²) in [5.74, 6) is 0.916. The van der Waals surface area contributed by atoms with E-state index in [4.69, 9.17) is 0 Å². The van der Waals surface area contributed by atoms with E-state index in [1.54, 1.807) is 23.5 Å². The zero-order valence-electron chi connectivity index (χ0n) is 22.0. The summed E-state index contributed by atoms with van der Waals surface area (Å²) in [6, 6.07) is 25.6. The molecule has 3 aromatic rings. The summed E-state index contributed by atoms with van der Waals surface area (Å²) in [7, 11) is 0. The summed E-state index contributed by atoms with van der Waals surface area (Å²) in [5.41, 5.74) is 6.77. The molecule has 0 spiro atoms. The molecule has 0 saturated carbocycles. The minimum atomic E-state index is -0.127. The van der Waals surface area contributed by atoms with Crippen molar-refractivity contribution in [3.63, 3.8) is 0 Å². The van der Waals surface area contributed by atoms with Crippen LogP contribution in [0.4, 0.5) is 0 Å². The molecule has 5 nitrogen and oxygen atoms in total. The quantitative estimate of drug-likeness (QED) is 0.334. The van der Waals surface area contributed by atoms with Gasteiger partial charge in [-0.25, -0.2) is 0 Å². The van der Waals surface area contributed by atoms with Crippen molar-refractivity contribution < 1.29 is 4.79 Å². The topological polar surface area (TPSA) is 57.3 Å². The van der Waals surface area contributed by atoms with Crippen LogP contribution in [-0.4, -0.2) is 53.8 Å². The van der Waals surface area contributed by atoms with E-state index in [0.29, 0.717) is 0 Å². The fourth-order valence-electron chi connectivity index (χ4n) is 5.40. The van der Waals surface area contributed by atoms with Gasteiger partial charge in [0.2, 0.25) is 5.91 Å². The second-order valence-corrected chi connectivity index (χ2v) is 11.3. The molecule has 1 amide bonds. The van der Waals surface area contributed by atoms with E-state index in [-0.39, 0.29) is 17.3 Å². The molecule has 2 fully saturated rings. The molecule has 1 aromatic heterocycles. The highest BCUT2D eigenvalue weighted by atomic mass is 32.2. The van der Waals surface area contributed by atoms with Gasteiger partial charge in [0.15, 0.2) is 0 Å². The second kappa shape index (κ2) is 13.7. The molecule has 198 valence electrons. The van der Waals surface area contributed by atoms with Crippen LogP contribution in [0.15, 0.2) is 90.8 Å². The number of benzene rings is 2. The minimum absolute atomic E-state index is 0.117. The molecule has 0 aliphatic carbocycles. The highest BCUT2D eigenvalue weighted by Gasteiger charge is 2.30. The number of unbranched alkanes of at least 4 members (excludes halogenated alkanes) is 2. The molecule has 2 aromatic carbocycles. The van der Waals surface area contributed by atoms with Gasteiger partial charge in [-0.15, -0.1) is 11.8 Å². The summed E-state index contributed by atoms with van der Waals surface area (Å²) < 4.78 is 0. The zero-order valence-corrected chi connectivity index (χ0v) is 22.8. The Bertz CT molecular complexity index is 1130. The number of pyridine rings is 1. The average molecular weight is 527 g/mol. The van der Waals surface area contributed by atoms with Gasteiger partial charge in [-0.1, -0.05) is 78.7 Å². The van der Waals surface area contributed by atoms with Crippen molar-refractivity contribution in [1.82, 2.24) is 20.5 Å². The molecule has 2 atom stereocenters. The Kier molecular flexibility index (Phi) is 9.64. The fraction of sp³-hybridized carbons (Fsp3) is 0.375. The lowest BCUT2D eigenvalue weighted by Gasteiger charge is -2.30. The molecule has 2 aliphatic rings. The lowest BCUT2D eigenvalue weighted by Crippen LogP contribution is -2.42. The molecule has 0 radical (unpaired) electrons. The number of carbonyl (C=O) groups is 1. The SMILES string of the molecule is O=C(NCCCCCN1CCC(=C(c2ccccc2)c2ccccc2)CC1)[C@@H]1CSC(c2cccnc2)N1. The first kappa shape index (κ1) is 26.7. The molecular weight excluding hydrogens is 488 g/mol. The van der Waals surface area contributed by atoms with Crippen molar-refractivity contribution in [3.05, 3.63) is 107 Å². The summed E-state index contributed by atoms with van der Waals surface area (Å²) in [6.45, 7) is 4.14. The van der Waals surface area contributed by atoms with Gasteiger partial charge < -0.3 is 10.2 Å². The summed E-state index contributed by atoms with van der Waals surface area (Å²) in [6.07, 6.45) is 9.26. The maximum Gasteiger partial charge on any atom is 0.238 e. The summed E-state index contributed by atoms with van der Waals surface area (Å²) in [4.78, 5) is 19.4. The van der Waals surface area contributed by atoms with E-state index in [1.165, 1.54) is 23.1 Å². The van der Waals surface area contributed by atoms with Gasteiger partial charge in [-0.2, -0.15) is 0 Å². The number of carbonyl (C=O) groups excluding carboxylic acids is 1. The number of aromatic nitrogens is 1. The van der Waals surface area contributed by atoms with E-state index in [9.17, 15) is 4.79 Å². The van der Waals surface area contributed by atoms with Gasteiger partial charge in [0.1, 0.15) is 0 Å². The summed E-state index contributed by atoms with van der Waals surface area (Å²) in [5, 5.41) is 6.72. The number of amides is 1. The number of piperidine rings is 1. The first-order valence-corrected chi connectivity index (χ1v) is 14.9. The molecule has 0 bridgehead atoms. The molecule has 2 N–H and O–H groups in total. The third-order valence-corrected chi connectivity index (χ3v) is 8.74. The third-order valence-electron chi connectivity index (χ3n) is 7.47. The van der Waals surface area contributed by atoms with E-state index in [1.807, 2.05) is 12.3 Å². The van der Waals surface area contributed by atoms with Crippen LogP contribution in [0, 0.1) is 0 Å². The third kappa shape index (κ3) is 7.13. The van der Waals surface area contributed by atoms with Crippen molar-refractivity contribution in [2.75, 3.05) is 31.9 Å². The minimum Gasteiger partial charge on any atom is -0.355 e. The van der Waals surface area contributed by atoms with Gasteiger partial charge >= 0.3 is 0 Å². The lowest BCUT2D eigenvalue weighted by atomic mass is 9.88. The van der Waals surface area contributed by atoms with Gasteiger partial charge in [0, 0.05) is 37.8 Å². The van der Waals surface area contributed by atoms with Crippen molar-refractivity contribution in [3.8, 4) is 0 Å². The van der Waals surface area contributed by atoms with Crippen LogP contribution in [0.1, 0.15) is 54.2 Å². The number of likely N-dealkylation sites (tertiary alicyclic amines) is 1. The Balaban J connectivity index is 1.01. The van der Waals surface area contributed by atoms with Crippen molar-refractivity contribution in [2.24, 2.45) is 0 Å². The highest BCUT2D eigenvalue weighted by molar-refractivity contribution is 7.99. The number of hydrogen-bond acceptors (Lipinski definition) is 5. The maximum absolute atomic E-state index is 12.6. The van der Waals surface area contributed by atoms with Crippen molar-refractivity contribution >= 4 is 23.2 Å². The Labute approximate surface area is 231 Å². The van der Waals surface area contributed by atoms with E-state index in [0.717, 1.165) is 63.2 Å². The van der Waals surface area contributed by atoms with E-state index < -0.39 is 0 Å². The molecule has 1 unspecified atom stereocenters. The van der Waals surface area contributed by atoms with E-state index >= 15 is 0 Å². The normalized spacial score (nSPS) is 19.8. The van der Waals surface area contributed by atoms with Crippen molar-refractivity contribution in [1.29, 1.82) is 0 Å². The standard InChI is InChI=1S/C32H38N4OS/c37-31(29-24-38-32(35-29)28-15-10-18-33-23-28)34-19-8-3-9-20-36-21-16-27(17-22-36)30(25-11-4-1-5-12-25)26-13-6-2-7-14-26/h1-2,4-7,10-15,18,23,29,32,35H,3,8-9,16-17,19-22,24H2,(H,34,37)/t29-,32?/m0/s1. The van der Waals surface area contributed by atoms with Gasteiger partial charge in [-0.05, 0) is 60.6 Å². The largest absolute Gasteiger partial charge is 0.355 e. The number of nitrogens with one attached hydrogen (secondary N) is 2. The molecule has 2 aliphatic heterocycles. The van der Waals surface area contributed by atoms with Crippen LogP contribution in [-0.2, 0) is 4.79 Å². The van der Waals surface area contributed by atoms with E-state index in [2.05, 4.69) is 87.2 Å². The first-order chi connectivity index (χ1) is 18.8. The van der Waals surface area contributed by atoms with Crippen LogP contribution in [0.2, 0.25) is 0 Å². The zero-order chi connectivity index (χ0) is 26.0. The van der Waals surface area contributed by atoms with Crippen LogP contribution >= 0.6 is 11.8 Å². The maximum atomic E-state index is 12.6. The lowest BCUT2D eigenvalue weighted by molar-refractivity contribution is -0.122. The molecule has 2 saturated heterocycles. The van der Waals surface area contributed by atoms with Crippen molar-refractivity contribution in [2.45, 2.75) is 43.5 Å². The molecule has 6 heteroatoms. The fourth-order valence-corrected chi connectivity index (χ4v) is 6.62. The van der Waals surface area contributed by atoms with Crippen LogP contribution in [0.3, 0.4) is 0 Å². The number of nitrogens with zero attached hydrogens (tertiary/aromatic N) is 2. The van der Waals surface area contributed by atoms with Gasteiger partial charge in [0.05, 0.1) is 11.4 Å². The smallest absolute Gasteiger partial charge is 0.238 e. The molecule has 3 heterocycles. The Morgan fingerprint density at radius 3 is 2.29 bits per heavy atom. The molecule has 38 heavy (non-hydrogen) atoms. The highest BCUT2D eigenvalue weighted by Crippen LogP contribution is 2.33.